The molecule has 0 saturated heterocycles. The number of pyridine rings is 1. The molecule has 3 rings (SSSR count). The molecule has 0 radical (unpaired) electrons. The lowest BCUT2D eigenvalue weighted by Gasteiger charge is -2.21. The molecule has 9 heteroatoms. The molecule has 2 aromatic carbocycles. The minimum Gasteiger partial charge on any atom is -0.466 e. The SMILES string of the molecule is CCOC(=O)Nc1ccc2c(c1)c(OCOC)c(C(=O)N(C)c1ccccc1)c(=O)n2C. The average Bonchev–Trinajstić information content (AvgIpc) is 2.80. The van der Waals surface area contributed by atoms with Crippen molar-refractivity contribution >= 4 is 34.3 Å². The van der Waals surface area contributed by atoms with Gasteiger partial charge in [-0.05, 0) is 37.3 Å². The molecule has 168 valence electrons. The summed E-state index contributed by atoms with van der Waals surface area (Å²) in [5, 5.41) is 3.08. The molecule has 0 aliphatic heterocycles. The first-order valence-corrected chi connectivity index (χ1v) is 9.94. The highest BCUT2D eigenvalue weighted by Gasteiger charge is 2.26. The summed E-state index contributed by atoms with van der Waals surface area (Å²) >= 11 is 0. The van der Waals surface area contributed by atoms with Crippen LogP contribution in [-0.2, 0) is 16.5 Å². The van der Waals surface area contributed by atoms with Crippen LogP contribution >= 0.6 is 0 Å². The summed E-state index contributed by atoms with van der Waals surface area (Å²) in [6.45, 7) is 1.75. The summed E-state index contributed by atoms with van der Waals surface area (Å²) < 4.78 is 17.0. The maximum Gasteiger partial charge on any atom is 0.411 e. The summed E-state index contributed by atoms with van der Waals surface area (Å²) in [6, 6.07) is 13.9. The molecule has 3 aromatic rings. The Bertz CT molecular complexity index is 1190. The number of carbonyl (C=O) groups is 2. The molecule has 0 fully saturated rings. The van der Waals surface area contributed by atoms with Crippen LogP contribution in [0.3, 0.4) is 0 Å². The van der Waals surface area contributed by atoms with Crippen molar-refractivity contribution in [3.63, 3.8) is 0 Å². The van der Waals surface area contributed by atoms with E-state index >= 15 is 0 Å². The lowest BCUT2D eigenvalue weighted by molar-refractivity contribution is 0.0511. The number of aromatic nitrogens is 1. The highest BCUT2D eigenvalue weighted by molar-refractivity contribution is 6.10. The molecular weight excluding hydrogens is 414 g/mol. The van der Waals surface area contributed by atoms with E-state index in [0.29, 0.717) is 22.3 Å². The van der Waals surface area contributed by atoms with Crippen molar-refractivity contribution in [2.24, 2.45) is 7.05 Å². The zero-order valence-electron chi connectivity index (χ0n) is 18.4. The minimum absolute atomic E-state index is 0.0743. The van der Waals surface area contributed by atoms with Crippen molar-refractivity contribution in [2.45, 2.75) is 6.92 Å². The van der Waals surface area contributed by atoms with E-state index in [2.05, 4.69) is 5.32 Å². The summed E-state index contributed by atoms with van der Waals surface area (Å²) in [4.78, 5) is 39.8. The van der Waals surface area contributed by atoms with Gasteiger partial charge in [-0.2, -0.15) is 0 Å². The Balaban J connectivity index is 2.19. The first kappa shape index (κ1) is 22.8. The molecule has 0 saturated carbocycles. The van der Waals surface area contributed by atoms with Gasteiger partial charge < -0.3 is 23.7 Å². The molecule has 0 atom stereocenters. The predicted molar refractivity (Wildman–Crippen MR) is 122 cm³/mol. The first-order chi connectivity index (χ1) is 15.4. The molecule has 0 aliphatic carbocycles. The van der Waals surface area contributed by atoms with Gasteiger partial charge in [0.2, 0.25) is 0 Å². The van der Waals surface area contributed by atoms with Crippen molar-refractivity contribution in [2.75, 3.05) is 37.8 Å². The quantitative estimate of drug-likeness (QED) is 0.567. The smallest absolute Gasteiger partial charge is 0.411 e. The Morgan fingerprint density at radius 2 is 1.84 bits per heavy atom. The monoisotopic (exact) mass is 439 g/mol. The number of fused-ring (bicyclic) bond motifs is 1. The topological polar surface area (TPSA) is 99.1 Å². The molecule has 0 bridgehead atoms. The highest BCUT2D eigenvalue weighted by Crippen LogP contribution is 2.31. The number of methoxy groups -OCH3 is 1. The van der Waals surface area contributed by atoms with Gasteiger partial charge >= 0.3 is 6.09 Å². The summed E-state index contributed by atoms with van der Waals surface area (Å²) in [7, 11) is 4.59. The Kier molecular flexibility index (Phi) is 7.11. The molecule has 1 N–H and O–H groups in total. The lowest BCUT2D eigenvalue weighted by Crippen LogP contribution is -2.35. The first-order valence-electron chi connectivity index (χ1n) is 9.94. The second-order valence-corrected chi connectivity index (χ2v) is 6.90. The zero-order valence-corrected chi connectivity index (χ0v) is 18.4. The number of anilines is 2. The van der Waals surface area contributed by atoms with Crippen molar-refractivity contribution in [3.8, 4) is 5.75 Å². The van der Waals surface area contributed by atoms with E-state index in [4.69, 9.17) is 14.2 Å². The molecule has 2 amide bonds. The van der Waals surface area contributed by atoms with E-state index in [1.54, 1.807) is 63.5 Å². The second-order valence-electron chi connectivity index (χ2n) is 6.90. The number of benzene rings is 2. The van der Waals surface area contributed by atoms with Crippen LogP contribution in [0.25, 0.3) is 10.9 Å². The number of nitrogens with zero attached hydrogens (tertiary/aromatic N) is 2. The van der Waals surface area contributed by atoms with Gasteiger partial charge in [-0.1, -0.05) is 18.2 Å². The largest absolute Gasteiger partial charge is 0.466 e. The molecule has 0 aliphatic rings. The van der Waals surface area contributed by atoms with Crippen LogP contribution in [0.5, 0.6) is 5.75 Å². The lowest BCUT2D eigenvalue weighted by atomic mass is 10.1. The van der Waals surface area contributed by atoms with Crippen LogP contribution in [0.15, 0.2) is 53.3 Å². The maximum atomic E-state index is 13.4. The molecule has 9 nitrogen and oxygen atoms in total. The van der Waals surface area contributed by atoms with Crippen LogP contribution in [0, 0.1) is 0 Å². The molecule has 1 heterocycles. The van der Waals surface area contributed by atoms with Crippen molar-refractivity contribution in [1.29, 1.82) is 0 Å². The Morgan fingerprint density at radius 1 is 1.12 bits per heavy atom. The summed E-state index contributed by atoms with van der Waals surface area (Å²) in [6.07, 6.45) is -0.615. The van der Waals surface area contributed by atoms with Crippen LogP contribution in [0.1, 0.15) is 17.3 Å². The van der Waals surface area contributed by atoms with Gasteiger partial charge in [0.1, 0.15) is 11.3 Å². The van der Waals surface area contributed by atoms with Gasteiger partial charge in [-0.25, -0.2) is 4.79 Å². The summed E-state index contributed by atoms with van der Waals surface area (Å²) in [5.41, 5.74) is 0.912. The van der Waals surface area contributed by atoms with E-state index in [0.717, 1.165) is 0 Å². The standard InChI is InChI=1S/C23H25N3O6/c1-5-31-23(29)24-15-11-12-18-17(13-15)20(32-14-30-4)19(22(28)26(18)3)21(27)25(2)16-9-7-6-8-10-16/h6-13H,5,14H2,1-4H3,(H,24,29). The number of amides is 2. The summed E-state index contributed by atoms with van der Waals surface area (Å²) in [5.74, 6) is -0.459. The molecule has 0 spiro atoms. The van der Waals surface area contributed by atoms with Gasteiger partial charge in [-0.3, -0.25) is 14.9 Å². The number of para-hydroxylation sites is 1. The van der Waals surface area contributed by atoms with E-state index in [9.17, 15) is 14.4 Å². The number of carbonyl (C=O) groups excluding carboxylic acids is 2. The highest BCUT2D eigenvalue weighted by atomic mass is 16.7. The second kappa shape index (κ2) is 9.97. The molecular formula is C23H25N3O6. The number of ether oxygens (including phenoxy) is 3. The van der Waals surface area contributed by atoms with Crippen molar-refractivity contribution in [1.82, 2.24) is 4.57 Å². The van der Waals surface area contributed by atoms with Gasteiger partial charge in [0.25, 0.3) is 11.5 Å². The van der Waals surface area contributed by atoms with Gasteiger partial charge in [0.05, 0.1) is 12.1 Å². The predicted octanol–water partition coefficient (Wildman–Crippen LogP) is 3.37. The normalized spacial score (nSPS) is 10.6. The van der Waals surface area contributed by atoms with E-state index < -0.39 is 17.6 Å². The van der Waals surface area contributed by atoms with Gasteiger partial charge in [0, 0.05) is 38.0 Å². The molecule has 32 heavy (non-hydrogen) atoms. The van der Waals surface area contributed by atoms with Gasteiger partial charge in [0.15, 0.2) is 6.79 Å². The van der Waals surface area contributed by atoms with Crippen LogP contribution in [-0.4, -0.2) is 44.1 Å². The Morgan fingerprint density at radius 3 is 2.50 bits per heavy atom. The fourth-order valence-electron chi connectivity index (χ4n) is 3.28. The maximum absolute atomic E-state index is 13.4. The van der Waals surface area contributed by atoms with Crippen molar-refractivity contribution in [3.05, 3.63) is 64.4 Å². The van der Waals surface area contributed by atoms with E-state index in [1.807, 2.05) is 6.07 Å². The molecule has 0 unspecified atom stereocenters. The average molecular weight is 439 g/mol. The molecule has 1 aromatic heterocycles. The van der Waals surface area contributed by atoms with Gasteiger partial charge in [-0.15, -0.1) is 0 Å². The third-order valence-corrected chi connectivity index (χ3v) is 4.85. The number of nitrogens with one attached hydrogen (secondary N) is 1. The third kappa shape index (κ3) is 4.57. The number of hydrogen-bond donors (Lipinski definition) is 1. The van der Waals surface area contributed by atoms with E-state index in [1.165, 1.54) is 16.6 Å². The fourth-order valence-corrected chi connectivity index (χ4v) is 3.28. The minimum atomic E-state index is -0.615. The Labute approximate surface area is 185 Å². The third-order valence-electron chi connectivity index (χ3n) is 4.85. The van der Waals surface area contributed by atoms with Crippen LogP contribution < -0.4 is 20.5 Å². The van der Waals surface area contributed by atoms with E-state index in [-0.39, 0.29) is 24.7 Å². The van der Waals surface area contributed by atoms with Crippen LogP contribution in [0.2, 0.25) is 0 Å². The van der Waals surface area contributed by atoms with Crippen molar-refractivity contribution < 1.29 is 23.8 Å². The zero-order chi connectivity index (χ0) is 23.3. The number of aryl methyl sites for hydroxylation is 1. The van der Waals surface area contributed by atoms with Crippen LogP contribution in [0.4, 0.5) is 16.2 Å². The number of rotatable bonds is 7. The number of hydrogen-bond acceptors (Lipinski definition) is 6. The Hall–Kier alpha value is -3.85. The fraction of sp³-hybridized carbons (Fsp3) is 0.261.